The average Bonchev–Trinajstić information content (AvgIpc) is 3.10. The maximum absolute atomic E-state index is 13.0. The van der Waals surface area contributed by atoms with Crippen LogP contribution in [0.15, 0.2) is 36.8 Å². The van der Waals surface area contributed by atoms with Crippen molar-refractivity contribution in [2.24, 2.45) is 0 Å². The van der Waals surface area contributed by atoms with Crippen LogP contribution >= 0.6 is 11.6 Å². The van der Waals surface area contributed by atoms with Crippen LogP contribution in [0.25, 0.3) is 11.5 Å². The Labute approximate surface area is 164 Å². The topological polar surface area (TPSA) is 120 Å². The summed E-state index contributed by atoms with van der Waals surface area (Å²) in [6, 6.07) is 3.97. The number of non-ortho nitro benzene ring substituents is 1. The van der Waals surface area contributed by atoms with Gasteiger partial charge in [-0.3, -0.25) is 24.5 Å². The number of carbonyl (C=O) groups excluding carboxylic acids is 1. The number of nitrogens with zero attached hydrogens (tertiary/aromatic N) is 7. The molecule has 0 radical (unpaired) electrons. The van der Waals surface area contributed by atoms with E-state index in [-0.39, 0.29) is 30.0 Å². The van der Waals surface area contributed by atoms with Crippen molar-refractivity contribution in [1.29, 1.82) is 0 Å². The zero-order valence-electron chi connectivity index (χ0n) is 14.7. The Morgan fingerprint density at radius 3 is 2.79 bits per heavy atom. The molecule has 0 saturated heterocycles. The SMILES string of the molecule is C[C@H]1Cn2c(nnc2-c2cnccn2)C(=O)N1Cc1cc([N+](=O)[O-])ccc1Cl. The lowest BCUT2D eigenvalue weighted by atomic mass is 10.1. The van der Waals surface area contributed by atoms with E-state index >= 15 is 0 Å². The van der Waals surface area contributed by atoms with E-state index in [2.05, 4.69) is 20.2 Å². The van der Waals surface area contributed by atoms with Crippen LogP contribution < -0.4 is 0 Å². The summed E-state index contributed by atoms with van der Waals surface area (Å²) in [5.41, 5.74) is 0.944. The molecule has 1 aromatic carbocycles. The van der Waals surface area contributed by atoms with Gasteiger partial charge in [-0.1, -0.05) is 11.6 Å². The number of amides is 1. The van der Waals surface area contributed by atoms with Crippen LogP contribution in [0.4, 0.5) is 5.69 Å². The van der Waals surface area contributed by atoms with E-state index in [1.807, 2.05) is 6.92 Å². The van der Waals surface area contributed by atoms with Gasteiger partial charge < -0.3 is 4.90 Å². The van der Waals surface area contributed by atoms with E-state index in [1.54, 1.807) is 28.1 Å². The van der Waals surface area contributed by atoms with Gasteiger partial charge in [-0.25, -0.2) is 4.98 Å². The van der Waals surface area contributed by atoms with Gasteiger partial charge in [0.2, 0.25) is 5.82 Å². The summed E-state index contributed by atoms with van der Waals surface area (Å²) in [5, 5.41) is 19.5. The maximum Gasteiger partial charge on any atom is 0.292 e. The molecule has 2 aromatic heterocycles. The number of rotatable bonds is 4. The van der Waals surface area contributed by atoms with Crippen molar-refractivity contribution in [2.75, 3.05) is 0 Å². The average molecular weight is 400 g/mol. The number of fused-ring (bicyclic) bond motifs is 1. The fraction of sp³-hybridized carbons (Fsp3) is 0.235. The molecule has 0 aliphatic carbocycles. The van der Waals surface area contributed by atoms with Gasteiger partial charge in [0.15, 0.2) is 5.82 Å². The van der Waals surface area contributed by atoms with Crippen molar-refractivity contribution in [1.82, 2.24) is 29.6 Å². The molecule has 3 aromatic rings. The predicted molar refractivity (Wildman–Crippen MR) is 98.5 cm³/mol. The Balaban J connectivity index is 1.66. The van der Waals surface area contributed by atoms with Crippen molar-refractivity contribution in [3.05, 3.63) is 63.3 Å². The number of nitro benzene ring substituents is 1. The summed E-state index contributed by atoms with van der Waals surface area (Å²) in [5.74, 6) is 0.320. The highest BCUT2D eigenvalue weighted by molar-refractivity contribution is 6.31. The molecular weight excluding hydrogens is 386 g/mol. The second kappa shape index (κ2) is 6.97. The summed E-state index contributed by atoms with van der Waals surface area (Å²) in [6.07, 6.45) is 4.65. The Morgan fingerprint density at radius 2 is 2.07 bits per heavy atom. The largest absolute Gasteiger partial charge is 0.327 e. The Bertz CT molecular complexity index is 1070. The zero-order chi connectivity index (χ0) is 19.8. The molecule has 3 heterocycles. The lowest BCUT2D eigenvalue weighted by Crippen LogP contribution is -2.46. The van der Waals surface area contributed by atoms with Crippen molar-refractivity contribution in [2.45, 2.75) is 26.1 Å². The first-order valence-corrected chi connectivity index (χ1v) is 8.77. The van der Waals surface area contributed by atoms with E-state index in [4.69, 9.17) is 11.6 Å². The normalized spacial score (nSPS) is 16.1. The molecule has 10 nitrogen and oxygen atoms in total. The second-order valence-corrected chi connectivity index (χ2v) is 6.77. The van der Waals surface area contributed by atoms with Crippen LogP contribution in [0.1, 0.15) is 23.1 Å². The molecule has 0 spiro atoms. The number of halogens is 1. The van der Waals surface area contributed by atoms with E-state index in [0.29, 0.717) is 28.6 Å². The maximum atomic E-state index is 13.0. The van der Waals surface area contributed by atoms with E-state index in [1.165, 1.54) is 18.2 Å². The third kappa shape index (κ3) is 3.07. The minimum Gasteiger partial charge on any atom is -0.327 e. The number of carbonyl (C=O) groups is 1. The molecule has 28 heavy (non-hydrogen) atoms. The van der Waals surface area contributed by atoms with E-state index < -0.39 is 4.92 Å². The Kier molecular flexibility index (Phi) is 4.47. The third-order valence-electron chi connectivity index (χ3n) is 4.55. The highest BCUT2D eigenvalue weighted by Crippen LogP contribution is 2.28. The Morgan fingerprint density at radius 1 is 1.29 bits per heavy atom. The van der Waals surface area contributed by atoms with Gasteiger partial charge in [-0.15, -0.1) is 10.2 Å². The first-order valence-electron chi connectivity index (χ1n) is 8.39. The molecule has 0 N–H and O–H groups in total. The van der Waals surface area contributed by atoms with Crippen molar-refractivity contribution in [3.8, 4) is 11.5 Å². The smallest absolute Gasteiger partial charge is 0.292 e. The second-order valence-electron chi connectivity index (χ2n) is 6.36. The fourth-order valence-corrected chi connectivity index (χ4v) is 3.31. The predicted octanol–water partition coefficient (Wildman–Crippen LogP) is 2.34. The molecule has 11 heteroatoms. The van der Waals surface area contributed by atoms with Gasteiger partial charge in [0, 0.05) is 48.7 Å². The molecule has 1 atom stereocenters. The van der Waals surface area contributed by atoms with Gasteiger partial charge in [0.25, 0.3) is 11.6 Å². The first-order chi connectivity index (χ1) is 13.5. The fourth-order valence-electron chi connectivity index (χ4n) is 3.14. The van der Waals surface area contributed by atoms with Crippen LogP contribution in [0, 0.1) is 10.1 Å². The molecule has 142 valence electrons. The highest BCUT2D eigenvalue weighted by atomic mass is 35.5. The quantitative estimate of drug-likeness (QED) is 0.487. The van der Waals surface area contributed by atoms with Crippen LogP contribution in [0.2, 0.25) is 5.02 Å². The minimum atomic E-state index is -0.495. The molecule has 0 bridgehead atoms. The number of benzene rings is 1. The lowest BCUT2D eigenvalue weighted by molar-refractivity contribution is -0.384. The summed E-state index contributed by atoms with van der Waals surface area (Å²) in [4.78, 5) is 33.3. The van der Waals surface area contributed by atoms with Crippen LogP contribution in [0.5, 0.6) is 0 Å². The molecule has 0 fully saturated rings. The summed E-state index contributed by atoms with van der Waals surface area (Å²) in [7, 11) is 0. The summed E-state index contributed by atoms with van der Waals surface area (Å²) >= 11 is 6.19. The highest BCUT2D eigenvalue weighted by Gasteiger charge is 2.34. The number of aromatic nitrogens is 5. The van der Waals surface area contributed by atoms with Crippen molar-refractivity contribution in [3.63, 3.8) is 0 Å². The molecule has 1 amide bonds. The minimum absolute atomic E-state index is 0.0791. The summed E-state index contributed by atoms with van der Waals surface area (Å²) in [6.45, 7) is 2.47. The van der Waals surface area contributed by atoms with Gasteiger partial charge in [0.05, 0.1) is 11.1 Å². The molecular formula is C17H14ClN7O3. The van der Waals surface area contributed by atoms with Crippen LogP contribution in [-0.4, -0.2) is 46.5 Å². The summed E-state index contributed by atoms with van der Waals surface area (Å²) < 4.78 is 1.71. The van der Waals surface area contributed by atoms with Gasteiger partial charge in [-0.05, 0) is 18.6 Å². The number of hydrogen-bond donors (Lipinski definition) is 0. The molecule has 0 saturated carbocycles. The standard InChI is InChI=1S/C17H14ClN7O3/c1-10-8-24-15(14-7-19-4-5-20-14)21-22-16(24)17(26)23(10)9-11-6-12(25(27)28)2-3-13(11)18/h2-7,10H,8-9H2,1H3/t10-/m0/s1. The zero-order valence-corrected chi connectivity index (χ0v) is 15.4. The number of hydrogen-bond acceptors (Lipinski definition) is 7. The lowest BCUT2D eigenvalue weighted by Gasteiger charge is -2.34. The van der Waals surface area contributed by atoms with E-state index in [9.17, 15) is 14.9 Å². The molecule has 1 aliphatic rings. The van der Waals surface area contributed by atoms with Crippen LogP contribution in [-0.2, 0) is 13.1 Å². The van der Waals surface area contributed by atoms with Gasteiger partial charge >= 0.3 is 0 Å². The Hall–Kier alpha value is -3.40. The first kappa shape index (κ1) is 18.0. The van der Waals surface area contributed by atoms with Crippen molar-refractivity contribution < 1.29 is 9.72 Å². The third-order valence-corrected chi connectivity index (χ3v) is 4.92. The van der Waals surface area contributed by atoms with E-state index in [0.717, 1.165) is 0 Å². The van der Waals surface area contributed by atoms with Gasteiger partial charge in [0.1, 0.15) is 5.69 Å². The van der Waals surface area contributed by atoms with Crippen LogP contribution in [0.3, 0.4) is 0 Å². The molecule has 1 aliphatic heterocycles. The van der Waals surface area contributed by atoms with Crippen molar-refractivity contribution >= 4 is 23.2 Å². The number of nitro groups is 1. The molecule has 4 rings (SSSR count). The monoisotopic (exact) mass is 399 g/mol. The van der Waals surface area contributed by atoms with Gasteiger partial charge in [-0.2, -0.15) is 0 Å². The molecule has 0 unspecified atom stereocenters.